The molecule has 0 aromatic heterocycles. The van der Waals surface area contributed by atoms with Gasteiger partial charge in [-0.3, -0.25) is 4.18 Å². The first kappa shape index (κ1) is 26.3. The van der Waals surface area contributed by atoms with E-state index < -0.39 is 10.1 Å². The van der Waals surface area contributed by atoms with E-state index in [4.69, 9.17) is 4.18 Å². The van der Waals surface area contributed by atoms with Gasteiger partial charge in [0, 0.05) is 0 Å². The third kappa shape index (κ3) is 15.4. The van der Waals surface area contributed by atoms with Crippen molar-refractivity contribution in [3.8, 4) is 0 Å². The Morgan fingerprint density at radius 3 is 1.77 bits per heavy atom. The number of benzene rings is 1. The Morgan fingerprint density at radius 2 is 1.31 bits per heavy atom. The summed E-state index contributed by atoms with van der Waals surface area (Å²) in [6.07, 6.45) is 12.3. The molecule has 0 saturated carbocycles. The van der Waals surface area contributed by atoms with E-state index in [2.05, 4.69) is 11.7 Å². The van der Waals surface area contributed by atoms with E-state index in [9.17, 15) is 8.42 Å². The Morgan fingerprint density at radius 1 is 0.846 bits per heavy atom. The molecule has 0 aliphatic carbocycles. The monoisotopic (exact) mass is 412 g/mol. The zero-order valence-corrected chi connectivity index (χ0v) is 16.4. The molecule has 1 aromatic rings. The summed E-state index contributed by atoms with van der Waals surface area (Å²) in [6, 6.07) is 8.33. The third-order valence-corrected chi connectivity index (χ3v) is 5.30. The molecule has 0 bridgehead atoms. The van der Waals surface area contributed by atoms with E-state index in [-0.39, 0.29) is 49.2 Å². The van der Waals surface area contributed by atoms with Crippen molar-refractivity contribution in [1.82, 2.24) is 0 Å². The molecule has 1 aromatic carbocycles. The van der Waals surface area contributed by atoms with Crippen LogP contribution >= 0.6 is 0 Å². The van der Waals surface area contributed by atoms with Crippen LogP contribution in [0.3, 0.4) is 0 Å². The molecule has 1 fully saturated rings. The van der Waals surface area contributed by atoms with Crippen LogP contribution in [0.25, 0.3) is 0 Å². The molecule has 2 rings (SSSR count). The Bertz CT molecular complexity index is 515. The van der Waals surface area contributed by atoms with Gasteiger partial charge in [-0.05, 0) is 18.6 Å². The van der Waals surface area contributed by atoms with Crippen molar-refractivity contribution in [2.75, 3.05) is 19.8 Å². The van der Waals surface area contributed by atoms with Crippen LogP contribution in [0.5, 0.6) is 0 Å². The van der Waals surface area contributed by atoms with Gasteiger partial charge >= 0.3 is 37.7 Å². The van der Waals surface area contributed by atoms with Gasteiger partial charge in [-0.25, -0.2) is 0 Å². The second kappa shape index (κ2) is 17.4. The van der Waals surface area contributed by atoms with E-state index >= 15 is 0 Å². The van der Waals surface area contributed by atoms with Crippen LogP contribution in [0.1, 0.15) is 71.1 Å². The summed E-state index contributed by atoms with van der Waals surface area (Å²) in [7, 11) is -3.57. The standard InChI is InChI=1S/C18H30O3S.C2H4O.Ca.2H/c1-2-3-4-5-6-7-8-9-10-14-17-21-22(19,20)18-15-12-11-13-16-18;1-2-3-1;;;/h11-13,15-16H,2-10,14,17H2,1H3;1-2H2;;;. The van der Waals surface area contributed by atoms with Crippen molar-refractivity contribution in [2.45, 2.75) is 76.0 Å². The van der Waals surface area contributed by atoms with Gasteiger partial charge in [-0.2, -0.15) is 8.42 Å². The number of hydrogen-bond donors (Lipinski definition) is 0. The van der Waals surface area contributed by atoms with Crippen molar-refractivity contribution in [3.05, 3.63) is 30.3 Å². The van der Waals surface area contributed by atoms with Crippen LogP contribution in [-0.4, -0.2) is 66.0 Å². The molecule has 4 nitrogen and oxygen atoms in total. The van der Waals surface area contributed by atoms with E-state index in [0.29, 0.717) is 0 Å². The van der Waals surface area contributed by atoms with Gasteiger partial charge in [-0.1, -0.05) is 82.9 Å². The van der Waals surface area contributed by atoms with Crippen molar-refractivity contribution in [1.29, 1.82) is 0 Å². The molecule has 0 spiro atoms. The number of ether oxygens (including phenoxy) is 1. The number of unbranched alkanes of at least 4 members (excludes halogenated alkanes) is 9. The first-order valence-electron chi connectivity index (χ1n) is 9.69. The van der Waals surface area contributed by atoms with E-state index in [1.54, 1.807) is 30.3 Å². The Hall–Kier alpha value is 0.350. The molecular formula is C20H36CaO4S. The zero-order chi connectivity index (χ0) is 18.2. The number of epoxide rings is 1. The molecule has 1 heterocycles. The summed E-state index contributed by atoms with van der Waals surface area (Å²) in [5.74, 6) is 0. The topological polar surface area (TPSA) is 55.9 Å². The average Bonchev–Trinajstić information content (AvgIpc) is 3.49. The van der Waals surface area contributed by atoms with Crippen molar-refractivity contribution in [3.63, 3.8) is 0 Å². The molecule has 0 amide bonds. The second-order valence-corrected chi connectivity index (χ2v) is 8.00. The normalized spacial score (nSPS) is 12.7. The fourth-order valence-electron chi connectivity index (χ4n) is 2.41. The molecule has 0 N–H and O–H groups in total. The Labute approximate surface area is 190 Å². The van der Waals surface area contributed by atoms with Crippen LogP contribution in [0.15, 0.2) is 35.2 Å². The van der Waals surface area contributed by atoms with Gasteiger partial charge in [0.05, 0.1) is 24.7 Å². The summed E-state index contributed by atoms with van der Waals surface area (Å²) >= 11 is 0. The predicted molar refractivity (Wildman–Crippen MR) is 111 cm³/mol. The van der Waals surface area contributed by atoms with Gasteiger partial charge in [0.15, 0.2) is 0 Å². The average molecular weight is 413 g/mol. The van der Waals surface area contributed by atoms with Crippen LogP contribution in [-0.2, 0) is 19.0 Å². The zero-order valence-electron chi connectivity index (χ0n) is 15.6. The maximum atomic E-state index is 11.9. The fourth-order valence-corrected chi connectivity index (χ4v) is 3.38. The van der Waals surface area contributed by atoms with Crippen LogP contribution < -0.4 is 0 Å². The fraction of sp³-hybridized carbons (Fsp3) is 0.700. The summed E-state index contributed by atoms with van der Waals surface area (Å²) in [5.41, 5.74) is 0. The maximum absolute atomic E-state index is 11.9. The van der Waals surface area contributed by atoms with Crippen LogP contribution in [0.2, 0.25) is 0 Å². The molecule has 0 atom stereocenters. The van der Waals surface area contributed by atoms with Crippen molar-refractivity contribution < 1.29 is 17.3 Å². The summed E-state index contributed by atoms with van der Waals surface area (Å²) in [4.78, 5) is 0.238. The third-order valence-electron chi connectivity index (χ3n) is 3.97. The molecule has 6 heteroatoms. The van der Waals surface area contributed by atoms with Gasteiger partial charge in [-0.15, -0.1) is 0 Å². The Kier molecular flexibility index (Phi) is 17.7. The molecule has 0 radical (unpaired) electrons. The number of hydrogen-bond acceptors (Lipinski definition) is 4. The first-order valence-corrected chi connectivity index (χ1v) is 11.1. The SMILES string of the molecule is C1CO1.CCCCCCCCCCCCOS(=O)(=O)c1ccccc1.[CaH2]. The summed E-state index contributed by atoms with van der Waals surface area (Å²) < 4.78 is 33.3. The van der Waals surface area contributed by atoms with E-state index in [1.807, 2.05) is 0 Å². The summed E-state index contributed by atoms with van der Waals surface area (Å²) in [6.45, 7) is 4.52. The predicted octanol–water partition coefficient (Wildman–Crippen LogP) is 4.41. The molecule has 1 aliphatic heterocycles. The molecule has 0 unspecified atom stereocenters. The number of rotatable bonds is 13. The molecular weight excluding hydrogens is 376 g/mol. The molecule has 26 heavy (non-hydrogen) atoms. The molecule has 148 valence electrons. The van der Waals surface area contributed by atoms with Crippen molar-refractivity contribution in [2.24, 2.45) is 0 Å². The summed E-state index contributed by atoms with van der Waals surface area (Å²) in [5, 5.41) is 0. The van der Waals surface area contributed by atoms with E-state index in [0.717, 1.165) is 26.1 Å². The van der Waals surface area contributed by atoms with Gasteiger partial charge in [0.2, 0.25) is 0 Å². The minimum atomic E-state index is -3.57. The van der Waals surface area contributed by atoms with Crippen molar-refractivity contribution >= 4 is 47.9 Å². The quantitative estimate of drug-likeness (QED) is 0.208. The molecule has 1 saturated heterocycles. The Balaban J connectivity index is 0.00000141. The van der Waals surface area contributed by atoms with E-state index in [1.165, 1.54) is 51.4 Å². The minimum absolute atomic E-state index is 0. The van der Waals surface area contributed by atoms with Crippen LogP contribution in [0, 0.1) is 0 Å². The first-order chi connectivity index (χ1) is 12.2. The second-order valence-electron chi connectivity index (χ2n) is 6.38. The van der Waals surface area contributed by atoms with Gasteiger partial charge in [0.25, 0.3) is 10.1 Å². The molecule has 1 aliphatic rings. The van der Waals surface area contributed by atoms with Gasteiger partial charge < -0.3 is 4.74 Å². The van der Waals surface area contributed by atoms with Crippen LogP contribution in [0.4, 0.5) is 0 Å². The van der Waals surface area contributed by atoms with Gasteiger partial charge in [0.1, 0.15) is 0 Å².